The molecule has 5 nitrogen and oxygen atoms in total. The molecule has 1 aromatic carbocycles. The van der Waals surface area contributed by atoms with Gasteiger partial charge in [0, 0.05) is 0 Å². The Hall–Kier alpha value is -1.37. The number of benzene rings is 1. The van der Waals surface area contributed by atoms with Crippen molar-refractivity contribution in [3.63, 3.8) is 0 Å². The van der Waals surface area contributed by atoms with Crippen LogP contribution in [0.3, 0.4) is 0 Å². The van der Waals surface area contributed by atoms with Crippen molar-refractivity contribution < 1.29 is 14.4 Å². The second kappa shape index (κ2) is 5.31. The van der Waals surface area contributed by atoms with E-state index in [9.17, 15) is 9.59 Å². The van der Waals surface area contributed by atoms with Crippen LogP contribution in [-0.2, 0) is 22.7 Å². The highest BCUT2D eigenvalue weighted by atomic mass is 32.2. The summed E-state index contributed by atoms with van der Waals surface area (Å²) in [5.74, 6) is 4.76. The fourth-order valence-electron chi connectivity index (χ4n) is 1.61. The van der Waals surface area contributed by atoms with E-state index in [0.717, 1.165) is 22.9 Å². The van der Waals surface area contributed by atoms with Crippen molar-refractivity contribution in [3.8, 4) is 0 Å². The molecular formula is C11H12N2O3S. The highest BCUT2D eigenvalue weighted by molar-refractivity contribution is 8.15. The second-order valence-corrected chi connectivity index (χ2v) is 4.89. The molecule has 3 N–H and O–H groups in total. The Bertz CT molecular complexity index is 433. The van der Waals surface area contributed by atoms with Crippen molar-refractivity contribution in [3.05, 3.63) is 35.4 Å². The van der Waals surface area contributed by atoms with Gasteiger partial charge in [-0.25, -0.2) is 5.90 Å². The van der Waals surface area contributed by atoms with Crippen LogP contribution in [0.2, 0.25) is 0 Å². The van der Waals surface area contributed by atoms with Crippen LogP contribution in [-0.4, -0.2) is 16.4 Å². The van der Waals surface area contributed by atoms with Gasteiger partial charge in [-0.2, -0.15) is 0 Å². The van der Waals surface area contributed by atoms with Gasteiger partial charge in [-0.3, -0.25) is 19.7 Å². The molecule has 0 bridgehead atoms. The molecule has 2 amide bonds. The van der Waals surface area contributed by atoms with Crippen molar-refractivity contribution in [1.82, 2.24) is 5.32 Å². The Morgan fingerprint density at radius 1 is 1.24 bits per heavy atom. The first-order valence-corrected chi connectivity index (χ1v) is 5.98. The number of nitrogens with two attached hydrogens (primary N) is 1. The van der Waals surface area contributed by atoms with Crippen LogP contribution < -0.4 is 11.2 Å². The maximum Gasteiger partial charge on any atom is 0.286 e. The Balaban J connectivity index is 1.99. The Morgan fingerprint density at radius 2 is 1.88 bits per heavy atom. The summed E-state index contributed by atoms with van der Waals surface area (Å²) in [6.07, 6.45) is 0.548. The van der Waals surface area contributed by atoms with Crippen LogP contribution in [0, 0.1) is 0 Å². The summed E-state index contributed by atoms with van der Waals surface area (Å²) in [6.45, 7) is 0.359. The largest absolute Gasteiger partial charge is 0.300 e. The Morgan fingerprint density at radius 3 is 2.41 bits per heavy atom. The summed E-state index contributed by atoms with van der Waals surface area (Å²) >= 11 is 1.04. The third-order valence-corrected chi connectivity index (χ3v) is 3.44. The van der Waals surface area contributed by atoms with Gasteiger partial charge in [0.15, 0.2) is 0 Å². The Labute approximate surface area is 103 Å². The first-order chi connectivity index (χ1) is 8.19. The van der Waals surface area contributed by atoms with E-state index in [4.69, 9.17) is 5.90 Å². The lowest BCUT2D eigenvalue weighted by Gasteiger charge is -2.06. The van der Waals surface area contributed by atoms with Crippen LogP contribution in [0.15, 0.2) is 24.3 Å². The lowest BCUT2D eigenvalue weighted by molar-refractivity contribution is -0.118. The van der Waals surface area contributed by atoms with Gasteiger partial charge in [0.2, 0.25) is 5.91 Å². The number of nitrogens with one attached hydrogen (secondary N) is 1. The molecule has 1 fully saturated rings. The number of rotatable bonds is 4. The quantitative estimate of drug-likeness (QED) is 0.780. The minimum absolute atomic E-state index is 0.214. The van der Waals surface area contributed by atoms with Crippen molar-refractivity contribution in [2.24, 2.45) is 5.90 Å². The van der Waals surface area contributed by atoms with Gasteiger partial charge in [0.25, 0.3) is 5.24 Å². The standard InChI is InChI=1S/C11H12N2O3S/c12-16-6-8-3-1-7(2-4-8)5-9-10(14)13-11(15)17-9/h1-4,9H,5-6,12H2,(H,13,14,15). The Kier molecular flexibility index (Phi) is 3.78. The number of carbonyl (C=O) groups excluding carboxylic acids is 2. The molecule has 0 aliphatic carbocycles. The van der Waals surface area contributed by atoms with Gasteiger partial charge >= 0.3 is 0 Å². The van der Waals surface area contributed by atoms with Crippen LogP contribution in [0.25, 0.3) is 0 Å². The van der Waals surface area contributed by atoms with Crippen LogP contribution in [0.4, 0.5) is 4.79 Å². The summed E-state index contributed by atoms with van der Waals surface area (Å²) in [5.41, 5.74) is 1.98. The summed E-state index contributed by atoms with van der Waals surface area (Å²) in [5, 5.41) is 1.68. The molecule has 1 heterocycles. The minimum atomic E-state index is -0.320. The molecule has 1 aliphatic heterocycles. The average molecular weight is 252 g/mol. The smallest absolute Gasteiger partial charge is 0.286 e. The minimum Gasteiger partial charge on any atom is -0.300 e. The van der Waals surface area contributed by atoms with Gasteiger partial charge in [-0.15, -0.1) is 0 Å². The summed E-state index contributed by atoms with van der Waals surface area (Å²) in [7, 11) is 0. The SMILES string of the molecule is NOCc1ccc(CC2SC(=O)NC2=O)cc1. The zero-order chi connectivity index (χ0) is 12.3. The topological polar surface area (TPSA) is 81.4 Å². The number of hydrogen-bond acceptors (Lipinski definition) is 5. The second-order valence-electron chi connectivity index (χ2n) is 3.71. The van der Waals surface area contributed by atoms with Crippen molar-refractivity contribution in [1.29, 1.82) is 0 Å². The molecule has 2 rings (SSSR count). The van der Waals surface area contributed by atoms with Gasteiger partial charge < -0.3 is 0 Å². The monoisotopic (exact) mass is 252 g/mol. The summed E-state index contributed by atoms with van der Waals surface area (Å²) in [4.78, 5) is 26.9. The van der Waals surface area contributed by atoms with Crippen molar-refractivity contribution in [2.45, 2.75) is 18.3 Å². The van der Waals surface area contributed by atoms with Crippen molar-refractivity contribution in [2.75, 3.05) is 0 Å². The molecule has 17 heavy (non-hydrogen) atoms. The number of amides is 2. The highest BCUT2D eigenvalue weighted by Gasteiger charge is 2.31. The molecule has 6 heteroatoms. The van der Waals surface area contributed by atoms with Gasteiger partial charge in [0.1, 0.15) is 0 Å². The lowest BCUT2D eigenvalue weighted by atomic mass is 10.1. The van der Waals surface area contributed by atoms with Crippen LogP contribution in [0.5, 0.6) is 0 Å². The number of carbonyl (C=O) groups is 2. The third-order valence-electron chi connectivity index (χ3n) is 2.46. The van der Waals surface area contributed by atoms with E-state index < -0.39 is 0 Å². The fourth-order valence-corrected chi connectivity index (χ4v) is 2.47. The predicted octanol–water partition coefficient (Wildman–Crippen LogP) is 0.971. The van der Waals surface area contributed by atoms with Crippen LogP contribution in [0.1, 0.15) is 11.1 Å². The maximum atomic E-state index is 11.4. The zero-order valence-electron chi connectivity index (χ0n) is 9.01. The summed E-state index contributed by atoms with van der Waals surface area (Å²) < 4.78 is 0. The first-order valence-electron chi connectivity index (χ1n) is 5.10. The van der Waals surface area contributed by atoms with E-state index in [1.54, 1.807) is 0 Å². The molecule has 1 unspecified atom stereocenters. The van der Waals surface area contributed by atoms with E-state index in [1.165, 1.54) is 0 Å². The van der Waals surface area contributed by atoms with E-state index in [-0.39, 0.29) is 16.4 Å². The van der Waals surface area contributed by atoms with E-state index in [1.807, 2.05) is 24.3 Å². The molecule has 1 atom stereocenters. The molecule has 0 radical (unpaired) electrons. The van der Waals surface area contributed by atoms with Crippen molar-refractivity contribution >= 4 is 22.9 Å². The van der Waals surface area contributed by atoms with E-state index >= 15 is 0 Å². The molecule has 1 aromatic rings. The fraction of sp³-hybridized carbons (Fsp3) is 0.273. The summed E-state index contributed by atoms with van der Waals surface area (Å²) in [6, 6.07) is 7.60. The molecule has 90 valence electrons. The highest BCUT2D eigenvalue weighted by Crippen LogP contribution is 2.22. The molecular weight excluding hydrogens is 240 g/mol. The normalized spacial score (nSPS) is 19.5. The number of hydrogen-bond donors (Lipinski definition) is 2. The zero-order valence-corrected chi connectivity index (χ0v) is 9.83. The van der Waals surface area contributed by atoms with Gasteiger partial charge in [0.05, 0.1) is 11.9 Å². The molecule has 1 saturated heterocycles. The molecule has 1 aliphatic rings. The van der Waals surface area contributed by atoms with E-state index in [0.29, 0.717) is 13.0 Å². The lowest BCUT2D eigenvalue weighted by Crippen LogP contribution is -2.25. The number of imide groups is 1. The molecule has 0 saturated carbocycles. The van der Waals surface area contributed by atoms with Gasteiger partial charge in [-0.05, 0) is 17.5 Å². The molecule has 0 spiro atoms. The molecule has 0 aromatic heterocycles. The van der Waals surface area contributed by atoms with Gasteiger partial charge in [-0.1, -0.05) is 36.0 Å². The van der Waals surface area contributed by atoms with Crippen LogP contribution >= 0.6 is 11.8 Å². The van der Waals surface area contributed by atoms with E-state index in [2.05, 4.69) is 10.2 Å². The average Bonchev–Trinajstić information content (AvgIpc) is 2.61. The predicted molar refractivity (Wildman–Crippen MR) is 64.0 cm³/mol. The third kappa shape index (κ3) is 3.06. The number of thioether (sulfide) groups is 1. The maximum absolute atomic E-state index is 11.4. The first kappa shape index (κ1) is 12.1.